The molecule has 0 bridgehead atoms. The van der Waals surface area contributed by atoms with Crippen LogP contribution in [0.4, 0.5) is 5.69 Å². The first-order valence-electron chi connectivity index (χ1n) is 6.51. The van der Waals surface area contributed by atoms with Crippen molar-refractivity contribution in [2.45, 2.75) is 26.4 Å². The van der Waals surface area contributed by atoms with Crippen molar-refractivity contribution in [3.63, 3.8) is 0 Å². The summed E-state index contributed by atoms with van der Waals surface area (Å²) in [6.07, 6.45) is 2.55. The van der Waals surface area contributed by atoms with Gasteiger partial charge in [0.25, 0.3) is 5.69 Å². The van der Waals surface area contributed by atoms with Crippen LogP contribution in [0, 0.1) is 10.1 Å². The van der Waals surface area contributed by atoms with Crippen LogP contribution in [0.5, 0.6) is 0 Å². The Bertz CT molecular complexity index is 582. The average Bonchev–Trinajstić information content (AvgIpc) is 2.87. The normalized spacial score (nSPS) is 10.7. The van der Waals surface area contributed by atoms with E-state index in [1.165, 1.54) is 12.4 Å². The Morgan fingerprint density at radius 1 is 1.45 bits per heavy atom. The fourth-order valence-electron chi connectivity index (χ4n) is 1.88. The highest BCUT2D eigenvalue weighted by atomic mass is 16.6. The van der Waals surface area contributed by atoms with E-state index in [0.29, 0.717) is 13.1 Å². The number of nitrogens with one attached hydrogen (secondary N) is 1. The molecule has 0 amide bonds. The van der Waals surface area contributed by atoms with Crippen LogP contribution < -0.4 is 5.32 Å². The van der Waals surface area contributed by atoms with E-state index in [-0.39, 0.29) is 5.69 Å². The van der Waals surface area contributed by atoms with Gasteiger partial charge in [-0.1, -0.05) is 19.1 Å². The van der Waals surface area contributed by atoms with Crippen LogP contribution in [0.15, 0.2) is 30.6 Å². The Kier molecular flexibility index (Phi) is 4.78. The summed E-state index contributed by atoms with van der Waals surface area (Å²) in [5.74, 6) is 0.824. The molecule has 20 heavy (non-hydrogen) atoms. The molecule has 0 saturated heterocycles. The zero-order valence-corrected chi connectivity index (χ0v) is 11.3. The molecule has 0 aliphatic heterocycles. The van der Waals surface area contributed by atoms with Crippen LogP contribution in [0.2, 0.25) is 0 Å². The Balaban J connectivity index is 2.08. The van der Waals surface area contributed by atoms with E-state index in [2.05, 4.69) is 22.3 Å². The number of aromatic nitrogens is 3. The van der Waals surface area contributed by atoms with Gasteiger partial charge in [-0.25, -0.2) is 9.67 Å². The van der Waals surface area contributed by atoms with Gasteiger partial charge >= 0.3 is 0 Å². The highest BCUT2D eigenvalue weighted by Crippen LogP contribution is 2.14. The van der Waals surface area contributed by atoms with Crippen molar-refractivity contribution in [2.75, 3.05) is 6.54 Å². The Hall–Kier alpha value is -2.28. The summed E-state index contributed by atoms with van der Waals surface area (Å²) in [5, 5.41) is 18.2. The molecule has 1 aromatic carbocycles. The second kappa shape index (κ2) is 6.76. The van der Waals surface area contributed by atoms with E-state index in [0.717, 1.165) is 24.4 Å². The molecule has 0 atom stereocenters. The maximum atomic E-state index is 10.8. The number of hydrogen-bond acceptors (Lipinski definition) is 5. The molecule has 0 aliphatic carbocycles. The van der Waals surface area contributed by atoms with E-state index < -0.39 is 4.92 Å². The molecule has 106 valence electrons. The van der Waals surface area contributed by atoms with Gasteiger partial charge in [-0.15, -0.1) is 0 Å². The van der Waals surface area contributed by atoms with E-state index >= 15 is 0 Å². The van der Waals surface area contributed by atoms with Crippen LogP contribution in [0.3, 0.4) is 0 Å². The molecular formula is C13H17N5O2. The lowest BCUT2D eigenvalue weighted by Gasteiger charge is -2.07. The van der Waals surface area contributed by atoms with E-state index in [9.17, 15) is 10.1 Å². The van der Waals surface area contributed by atoms with Crippen LogP contribution in [-0.4, -0.2) is 26.2 Å². The van der Waals surface area contributed by atoms with Gasteiger partial charge in [-0.3, -0.25) is 10.1 Å². The summed E-state index contributed by atoms with van der Waals surface area (Å²) >= 11 is 0. The molecule has 2 aromatic rings. The number of nitrogens with zero attached hydrogens (tertiary/aromatic N) is 4. The predicted molar refractivity (Wildman–Crippen MR) is 74.2 cm³/mol. The molecule has 1 heterocycles. The van der Waals surface area contributed by atoms with E-state index in [4.69, 9.17) is 0 Å². The highest BCUT2D eigenvalue weighted by Gasteiger charge is 2.08. The third kappa shape index (κ3) is 3.61. The molecule has 0 fully saturated rings. The van der Waals surface area contributed by atoms with Gasteiger partial charge in [0.15, 0.2) is 0 Å². The lowest BCUT2D eigenvalue weighted by Crippen LogP contribution is -2.18. The fraction of sp³-hybridized carbons (Fsp3) is 0.385. The van der Waals surface area contributed by atoms with Crippen LogP contribution in [-0.2, 0) is 13.1 Å². The Morgan fingerprint density at radius 3 is 3.05 bits per heavy atom. The zero-order chi connectivity index (χ0) is 14.4. The molecule has 1 N–H and O–H groups in total. The fourth-order valence-corrected chi connectivity index (χ4v) is 1.88. The minimum atomic E-state index is -0.394. The van der Waals surface area contributed by atoms with E-state index in [1.54, 1.807) is 16.8 Å². The smallest absolute Gasteiger partial charge is 0.269 e. The molecule has 1 aromatic heterocycles. The van der Waals surface area contributed by atoms with Crippen molar-refractivity contribution in [3.05, 3.63) is 52.1 Å². The molecule has 2 rings (SSSR count). The summed E-state index contributed by atoms with van der Waals surface area (Å²) in [6.45, 7) is 4.14. The van der Waals surface area contributed by atoms with Gasteiger partial charge in [0.2, 0.25) is 0 Å². The second-order valence-electron chi connectivity index (χ2n) is 4.44. The predicted octanol–water partition coefficient (Wildman–Crippen LogP) is 1.73. The molecule has 0 unspecified atom stereocenters. The molecule has 0 spiro atoms. The third-order valence-corrected chi connectivity index (χ3v) is 2.86. The maximum Gasteiger partial charge on any atom is 0.269 e. The molecule has 0 aliphatic rings. The second-order valence-corrected chi connectivity index (χ2v) is 4.44. The average molecular weight is 275 g/mol. The monoisotopic (exact) mass is 275 g/mol. The summed E-state index contributed by atoms with van der Waals surface area (Å²) in [6, 6.07) is 6.57. The lowest BCUT2D eigenvalue weighted by molar-refractivity contribution is -0.384. The van der Waals surface area contributed by atoms with Crippen molar-refractivity contribution >= 4 is 5.69 Å². The molecular weight excluding hydrogens is 258 g/mol. The molecule has 7 nitrogen and oxygen atoms in total. The van der Waals surface area contributed by atoms with Crippen LogP contribution in [0.25, 0.3) is 0 Å². The number of non-ortho nitro benzene ring substituents is 1. The standard InChI is InChI=1S/C13H17N5O2/c1-2-6-14-8-13-15-10-16-17(13)9-11-4-3-5-12(7-11)18(19)20/h3-5,7,10,14H,2,6,8-9H2,1H3. The Morgan fingerprint density at radius 2 is 2.30 bits per heavy atom. The van der Waals surface area contributed by atoms with Crippen molar-refractivity contribution in [2.24, 2.45) is 0 Å². The molecule has 0 saturated carbocycles. The molecule has 7 heteroatoms. The van der Waals surface area contributed by atoms with Crippen LogP contribution >= 0.6 is 0 Å². The van der Waals surface area contributed by atoms with Gasteiger partial charge in [0, 0.05) is 12.1 Å². The van der Waals surface area contributed by atoms with Gasteiger partial charge in [-0.05, 0) is 18.5 Å². The molecule has 0 radical (unpaired) electrons. The summed E-state index contributed by atoms with van der Waals surface area (Å²) in [5.41, 5.74) is 0.926. The Labute approximate surface area is 116 Å². The van der Waals surface area contributed by atoms with Gasteiger partial charge in [0.1, 0.15) is 12.2 Å². The van der Waals surface area contributed by atoms with Gasteiger partial charge in [-0.2, -0.15) is 5.10 Å². The largest absolute Gasteiger partial charge is 0.310 e. The number of nitro benzene ring substituents is 1. The minimum absolute atomic E-state index is 0.0910. The van der Waals surface area contributed by atoms with Crippen LogP contribution in [0.1, 0.15) is 24.7 Å². The first-order valence-corrected chi connectivity index (χ1v) is 6.51. The highest BCUT2D eigenvalue weighted by molar-refractivity contribution is 5.34. The number of rotatable bonds is 7. The first-order chi connectivity index (χ1) is 9.70. The van der Waals surface area contributed by atoms with E-state index in [1.807, 2.05) is 6.07 Å². The first kappa shape index (κ1) is 14.1. The maximum absolute atomic E-state index is 10.8. The lowest BCUT2D eigenvalue weighted by atomic mass is 10.2. The third-order valence-electron chi connectivity index (χ3n) is 2.86. The number of hydrogen-bond donors (Lipinski definition) is 1. The van der Waals surface area contributed by atoms with Crippen molar-refractivity contribution in [3.8, 4) is 0 Å². The van der Waals surface area contributed by atoms with Gasteiger partial charge in [0.05, 0.1) is 18.0 Å². The number of nitro groups is 1. The van der Waals surface area contributed by atoms with Crippen molar-refractivity contribution < 1.29 is 4.92 Å². The quantitative estimate of drug-likeness (QED) is 0.472. The van der Waals surface area contributed by atoms with Gasteiger partial charge < -0.3 is 5.32 Å². The zero-order valence-electron chi connectivity index (χ0n) is 11.3. The summed E-state index contributed by atoms with van der Waals surface area (Å²) in [4.78, 5) is 14.6. The SMILES string of the molecule is CCCNCc1ncnn1Cc1cccc([N+](=O)[O-])c1. The van der Waals surface area contributed by atoms with Crippen molar-refractivity contribution in [1.29, 1.82) is 0 Å². The minimum Gasteiger partial charge on any atom is -0.310 e. The number of benzene rings is 1. The summed E-state index contributed by atoms with van der Waals surface area (Å²) < 4.78 is 1.75. The topological polar surface area (TPSA) is 85.9 Å². The summed E-state index contributed by atoms with van der Waals surface area (Å²) in [7, 11) is 0. The van der Waals surface area contributed by atoms with Crippen molar-refractivity contribution in [1.82, 2.24) is 20.1 Å².